The first-order valence-electron chi connectivity index (χ1n) is 5.66. The number of hydrogen-bond acceptors (Lipinski definition) is 5. The molecule has 0 aliphatic heterocycles. The van der Waals surface area contributed by atoms with Crippen molar-refractivity contribution in [3.05, 3.63) is 46.3 Å². The first kappa shape index (κ1) is 14.1. The van der Waals surface area contributed by atoms with E-state index in [0.29, 0.717) is 13.1 Å². The molecule has 0 aliphatic rings. The van der Waals surface area contributed by atoms with Crippen LogP contribution in [0.15, 0.2) is 40.2 Å². The van der Waals surface area contributed by atoms with Crippen LogP contribution in [0.1, 0.15) is 11.1 Å². The molecule has 2 heterocycles. The maximum Gasteiger partial charge on any atom is 0.260 e. The Morgan fingerprint density at radius 2 is 2.11 bits per heavy atom. The van der Waals surface area contributed by atoms with Crippen molar-refractivity contribution >= 4 is 21.4 Å². The van der Waals surface area contributed by atoms with Crippen molar-refractivity contribution in [3.63, 3.8) is 0 Å². The van der Waals surface area contributed by atoms with Gasteiger partial charge < -0.3 is 5.73 Å². The van der Waals surface area contributed by atoms with Crippen LogP contribution in [0.5, 0.6) is 0 Å². The number of hydrogen-bond donors (Lipinski definition) is 1. The molecule has 5 nitrogen and oxygen atoms in total. The number of nitrogens with two attached hydrogens (primary N) is 1. The van der Waals surface area contributed by atoms with Crippen LogP contribution in [0.4, 0.5) is 0 Å². The fourth-order valence-corrected chi connectivity index (χ4v) is 3.29. The van der Waals surface area contributed by atoms with Gasteiger partial charge in [-0.15, -0.1) is 0 Å². The highest BCUT2D eigenvalue weighted by atomic mass is 32.2. The predicted molar refractivity (Wildman–Crippen MR) is 75.1 cm³/mol. The minimum absolute atomic E-state index is 0.0439. The lowest BCUT2D eigenvalue weighted by Crippen LogP contribution is -2.27. The maximum atomic E-state index is 12.3. The average Bonchev–Trinajstić information content (AvgIpc) is 2.91. The van der Waals surface area contributed by atoms with Gasteiger partial charge in [-0.05, 0) is 34.0 Å². The molecule has 102 valence electrons. The van der Waals surface area contributed by atoms with Crippen LogP contribution in [0, 0.1) is 0 Å². The first-order valence-corrected chi connectivity index (χ1v) is 8.04. The van der Waals surface area contributed by atoms with E-state index in [1.54, 1.807) is 24.5 Å². The molecule has 0 amide bonds. The number of rotatable bonds is 5. The van der Waals surface area contributed by atoms with E-state index in [0.717, 1.165) is 11.1 Å². The quantitative estimate of drug-likeness (QED) is 0.905. The Labute approximate surface area is 116 Å². The van der Waals surface area contributed by atoms with Gasteiger partial charge in [-0.2, -0.15) is 15.6 Å². The van der Waals surface area contributed by atoms with Gasteiger partial charge in [0.15, 0.2) is 5.03 Å². The maximum absolute atomic E-state index is 12.3. The summed E-state index contributed by atoms with van der Waals surface area (Å²) >= 11 is 1.54. The summed E-state index contributed by atoms with van der Waals surface area (Å²) in [7, 11) is -2.01. The number of pyridine rings is 1. The van der Waals surface area contributed by atoms with Gasteiger partial charge in [-0.3, -0.25) is 0 Å². The standard InChI is InChI=1S/C12H15N3O2S2/c1-15(8-11-4-5-18-9-11)19(16,17)12-3-2-10(6-13)7-14-12/h2-5,7,9H,6,8,13H2,1H3. The van der Waals surface area contributed by atoms with Crippen LogP contribution in [0.2, 0.25) is 0 Å². The van der Waals surface area contributed by atoms with E-state index in [1.807, 2.05) is 16.8 Å². The molecule has 2 rings (SSSR count). The van der Waals surface area contributed by atoms with Gasteiger partial charge in [-0.25, -0.2) is 13.4 Å². The van der Waals surface area contributed by atoms with E-state index >= 15 is 0 Å². The monoisotopic (exact) mass is 297 g/mol. The number of thiophene rings is 1. The summed E-state index contributed by atoms with van der Waals surface area (Å²) in [6.45, 7) is 0.685. The fraction of sp³-hybridized carbons (Fsp3) is 0.250. The van der Waals surface area contributed by atoms with E-state index in [9.17, 15) is 8.42 Å². The van der Waals surface area contributed by atoms with Gasteiger partial charge in [0.25, 0.3) is 10.0 Å². The van der Waals surface area contributed by atoms with Gasteiger partial charge in [-0.1, -0.05) is 6.07 Å². The van der Waals surface area contributed by atoms with Gasteiger partial charge in [0.1, 0.15) is 0 Å². The van der Waals surface area contributed by atoms with Gasteiger partial charge in [0, 0.05) is 26.3 Å². The van der Waals surface area contributed by atoms with E-state index < -0.39 is 10.0 Å². The topological polar surface area (TPSA) is 76.3 Å². The molecule has 0 saturated heterocycles. The molecule has 0 spiro atoms. The van der Waals surface area contributed by atoms with Crippen LogP contribution in [0.3, 0.4) is 0 Å². The smallest absolute Gasteiger partial charge is 0.260 e. The van der Waals surface area contributed by atoms with E-state index in [1.165, 1.54) is 16.6 Å². The van der Waals surface area contributed by atoms with Crippen molar-refractivity contribution in [2.24, 2.45) is 5.73 Å². The Balaban J connectivity index is 2.20. The summed E-state index contributed by atoms with van der Waals surface area (Å²) in [4.78, 5) is 3.96. The molecular weight excluding hydrogens is 282 g/mol. The molecule has 19 heavy (non-hydrogen) atoms. The number of sulfonamides is 1. The van der Waals surface area contributed by atoms with Crippen molar-refractivity contribution in [3.8, 4) is 0 Å². The van der Waals surface area contributed by atoms with Crippen molar-refractivity contribution in [1.82, 2.24) is 9.29 Å². The SMILES string of the molecule is CN(Cc1ccsc1)S(=O)(=O)c1ccc(CN)cn1. The second-order valence-electron chi connectivity index (χ2n) is 4.10. The molecule has 0 fully saturated rings. The second kappa shape index (κ2) is 5.79. The normalized spacial score (nSPS) is 11.9. The van der Waals surface area contributed by atoms with E-state index in [-0.39, 0.29) is 5.03 Å². The number of aromatic nitrogens is 1. The Morgan fingerprint density at radius 3 is 2.63 bits per heavy atom. The van der Waals surface area contributed by atoms with E-state index in [4.69, 9.17) is 5.73 Å². The van der Waals surface area contributed by atoms with Crippen molar-refractivity contribution in [2.75, 3.05) is 7.05 Å². The highest BCUT2D eigenvalue weighted by Gasteiger charge is 2.22. The molecule has 2 aromatic heterocycles. The first-order chi connectivity index (χ1) is 9.04. The average molecular weight is 297 g/mol. The van der Waals surface area contributed by atoms with Crippen LogP contribution in [0.25, 0.3) is 0 Å². The highest BCUT2D eigenvalue weighted by Crippen LogP contribution is 2.16. The predicted octanol–water partition coefficient (Wildman–Crippen LogP) is 1.42. The summed E-state index contributed by atoms with van der Waals surface area (Å²) in [6.07, 6.45) is 1.49. The third kappa shape index (κ3) is 3.19. The van der Waals surface area contributed by atoms with Crippen LogP contribution in [-0.4, -0.2) is 24.8 Å². The van der Waals surface area contributed by atoms with Crippen molar-refractivity contribution in [2.45, 2.75) is 18.1 Å². The molecule has 0 unspecified atom stereocenters. The molecule has 0 atom stereocenters. The van der Waals surface area contributed by atoms with Crippen LogP contribution < -0.4 is 5.73 Å². The second-order valence-corrected chi connectivity index (χ2v) is 6.87. The number of nitrogens with zero attached hydrogens (tertiary/aromatic N) is 2. The van der Waals surface area contributed by atoms with Crippen molar-refractivity contribution in [1.29, 1.82) is 0 Å². The Kier molecular flexibility index (Phi) is 4.31. The molecule has 0 radical (unpaired) electrons. The molecular formula is C12H15N3O2S2. The highest BCUT2D eigenvalue weighted by molar-refractivity contribution is 7.89. The van der Waals surface area contributed by atoms with Gasteiger partial charge >= 0.3 is 0 Å². The van der Waals surface area contributed by atoms with Gasteiger partial charge in [0.2, 0.25) is 0 Å². The summed E-state index contributed by atoms with van der Waals surface area (Å²) in [5.74, 6) is 0. The summed E-state index contributed by atoms with van der Waals surface area (Å²) in [5.41, 5.74) is 7.23. The molecule has 2 N–H and O–H groups in total. The molecule has 0 aliphatic carbocycles. The lowest BCUT2D eigenvalue weighted by atomic mass is 10.3. The summed E-state index contributed by atoms with van der Waals surface area (Å²) in [6, 6.07) is 5.07. The van der Waals surface area contributed by atoms with Gasteiger partial charge in [0.05, 0.1) is 0 Å². The lowest BCUT2D eigenvalue weighted by molar-refractivity contribution is 0.464. The fourth-order valence-electron chi connectivity index (χ4n) is 1.57. The lowest BCUT2D eigenvalue weighted by Gasteiger charge is -2.15. The van der Waals surface area contributed by atoms with Crippen LogP contribution in [-0.2, 0) is 23.1 Å². The zero-order valence-electron chi connectivity index (χ0n) is 10.5. The molecule has 0 aromatic carbocycles. The third-order valence-corrected chi connectivity index (χ3v) is 5.15. The van der Waals surface area contributed by atoms with E-state index in [2.05, 4.69) is 4.98 Å². The zero-order valence-corrected chi connectivity index (χ0v) is 12.1. The Morgan fingerprint density at radius 1 is 1.32 bits per heavy atom. The summed E-state index contributed by atoms with van der Waals surface area (Å²) in [5, 5.41) is 3.89. The largest absolute Gasteiger partial charge is 0.326 e. The van der Waals surface area contributed by atoms with Crippen molar-refractivity contribution < 1.29 is 8.42 Å². The minimum Gasteiger partial charge on any atom is -0.326 e. The Bertz CT molecular complexity index is 622. The Hall–Kier alpha value is -1.28. The molecule has 2 aromatic rings. The molecule has 0 bridgehead atoms. The minimum atomic E-state index is -3.55. The molecule has 0 saturated carbocycles. The molecule has 7 heteroatoms. The zero-order chi connectivity index (χ0) is 13.9. The summed E-state index contributed by atoms with van der Waals surface area (Å²) < 4.78 is 25.9. The third-order valence-electron chi connectivity index (χ3n) is 2.69. The van der Waals surface area contributed by atoms with Crippen LogP contribution >= 0.6 is 11.3 Å².